The van der Waals surface area contributed by atoms with Gasteiger partial charge in [0.15, 0.2) is 0 Å². The molecule has 0 unspecified atom stereocenters. The number of benzene rings is 2. The first-order chi connectivity index (χ1) is 15.9. The average Bonchev–Trinajstić information content (AvgIpc) is 3.31. The minimum Gasteiger partial charge on any atom is -0.338 e. The van der Waals surface area contributed by atoms with Gasteiger partial charge in [0.1, 0.15) is 11.4 Å². The molecule has 0 atom stereocenters. The Hall–Kier alpha value is -3.39. The fraction of sp³-hybridized carbons (Fsp3) is 0.333. The molecule has 5 rings (SSSR count). The van der Waals surface area contributed by atoms with Gasteiger partial charge in [-0.2, -0.15) is 0 Å². The van der Waals surface area contributed by atoms with Crippen LogP contribution in [0.4, 0.5) is 10.5 Å². The monoisotopic (exact) mass is 465 g/mol. The molecule has 1 aliphatic heterocycles. The Morgan fingerprint density at radius 2 is 1.91 bits per heavy atom. The molecule has 3 aromatic rings. The van der Waals surface area contributed by atoms with Gasteiger partial charge in [-0.3, -0.25) is 14.5 Å². The second-order valence-corrected chi connectivity index (χ2v) is 9.03. The van der Waals surface area contributed by atoms with Crippen LogP contribution in [0, 0.1) is 0 Å². The molecule has 1 saturated carbocycles. The van der Waals surface area contributed by atoms with Crippen molar-refractivity contribution < 1.29 is 14.4 Å². The molecular formula is C24H24ClN5O3. The Kier molecular flexibility index (Phi) is 5.54. The molecule has 33 heavy (non-hydrogen) atoms. The molecule has 0 bridgehead atoms. The number of rotatable bonds is 5. The van der Waals surface area contributed by atoms with Gasteiger partial charge in [-0.15, -0.1) is 0 Å². The van der Waals surface area contributed by atoms with Crippen LogP contribution in [0.1, 0.15) is 38.5 Å². The van der Waals surface area contributed by atoms with E-state index in [9.17, 15) is 14.4 Å². The quantitative estimate of drug-likeness (QED) is 0.483. The molecule has 2 aliphatic rings. The molecule has 1 saturated heterocycles. The topological polar surface area (TPSA) is 107 Å². The first-order valence-corrected chi connectivity index (χ1v) is 11.5. The summed E-state index contributed by atoms with van der Waals surface area (Å²) in [5.74, 6) is 0.172. The first-order valence-electron chi connectivity index (χ1n) is 11.1. The third-order valence-electron chi connectivity index (χ3n) is 6.41. The van der Waals surface area contributed by atoms with Gasteiger partial charge < -0.3 is 15.6 Å². The van der Waals surface area contributed by atoms with E-state index < -0.39 is 11.6 Å². The summed E-state index contributed by atoms with van der Waals surface area (Å²) in [5, 5.41) is 6.30. The maximum absolute atomic E-state index is 12.8. The van der Waals surface area contributed by atoms with E-state index in [1.54, 1.807) is 18.2 Å². The van der Waals surface area contributed by atoms with Crippen molar-refractivity contribution in [2.24, 2.45) is 0 Å². The van der Waals surface area contributed by atoms with E-state index >= 15 is 0 Å². The van der Waals surface area contributed by atoms with Gasteiger partial charge in [0.05, 0.1) is 16.1 Å². The highest BCUT2D eigenvalue weighted by Gasteiger charge is 2.51. The number of nitrogens with one attached hydrogen (secondary N) is 3. The number of H-pyrrole nitrogens is 1. The molecule has 1 aliphatic carbocycles. The van der Waals surface area contributed by atoms with Crippen molar-refractivity contribution in [2.45, 2.75) is 44.1 Å². The van der Waals surface area contributed by atoms with Crippen molar-refractivity contribution in [1.82, 2.24) is 20.2 Å². The van der Waals surface area contributed by atoms with Crippen LogP contribution < -0.4 is 10.6 Å². The van der Waals surface area contributed by atoms with Crippen molar-refractivity contribution >= 4 is 46.2 Å². The molecule has 3 N–H and O–H groups in total. The second-order valence-electron chi connectivity index (χ2n) is 8.63. The highest BCUT2D eigenvalue weighted by atomic mass is 35.5. The zero-order valence-electron chi connectivity index (χ0n) is 18.0. The molecule has 0 radical (unpaired) electrons. The van der Waals surface area contributed by atoms with E-state index in [0.29, 0.717) is 29.4 Å². The molecule has 4 amide bonds. The Morgan fingerprint density at radius 3 is 2.70 bits per heavy atom. The van der Waals surface area contributed by atoms with E-state index in [4.69, 9.17) is 11.6 Å². The van der Waals surface area contributed by atoms with E-state index in [-0.39, 0.29) is 24.8 Å². The number of carbonyl (C=O) groups excluding carboxylic acids is 3. The van der Waals surface area contributed by atoms with Crippen LogP contribution in [0.2, 0.25) is 5.02 Å². The Bertz CT molecular complexity index is 1250. The molecule has 2 fully saturated rings. The lowest BCUT2D eigenvalue weighted by Gasteiger charge is -2.30. The first kappa shape index (κ1) is 21.5. The van der Waals surface area contributed by atoms with Crippen LogP contribution in [0.3, 0.4) is 0 Å². The van der Waals surface area contributed by atoms with E-state index in [1.165, 1.54) is 4.90 Å². The van der Waals surface area contributed by atoms with Crippen LogP contribution in [0.15, 0.2) is 42.5 Å². The maximum Gasteiger partial charge on any atom is 0.325 e. The SMILES string of the molecule is O=C(CCN1C(=O)NC2(CCCCC2)C1=O)Nc1ccc2nc(-c3ccccc3Cl)[nH]c2c1. The number of hydrogen-bond donors (Lipinski definition) is 3. The number of imidazole rings is 1. The van der Waals surface area contributed by atoms with Crippen LogP contribution in [0.25, 0.3) is 22.4 Å². The van der Waals surface area contributed by atoms with Gasteiger partial charge in [-0.05, 0) is 43.2 Å². The zero-order chi connectivity index (χ0) is 23.0. The number of aromatic amines is 1. The molecule has 9 heteroatoms. The molecule has 170 valence electrons. The normalized spacial score (nSPS) is 17.5. The second kappa shape index (κ2) is 8.51. The summed E-state index contributed by atoms with van der Waals surface area (Å²) >= 11 is 6.27. The van der Waals surface area contributed by atoms with Crippen LogP contribution in [0.5, 0.6) is 0 Å². The number of carbonyl (C=O) groups is 3. The molecule has 8 nitrogen and oxygen atoms in total. The highest BCUT2D eigenvalue weighted by Crippen LogP contribution is 2.33. The zero-order valence-corrected chi connectivity index (χ0v) is 18.7. The lowest BCUT2D eigenvalue weighted by molar-refractivity contribution is -0.132. The third kappa shape index (κ3) is 4.06. The Labute approximate surface area is 195 Å². The maximum atomic E-state index is 12.8. The summed E-state index contributed by atoms with van der Waals surface area (Å²) in [7, 11) is 0. The van der Waals surface area contributed by atoms with Crippen LogP contribution in [-0.2, 0) is 9.59 Å². The summed E-state index contributed by atoms with van der Waals surface area (Å²) in [4.78, 5) is 46.7. The van der Waals surface area contributed by atoms with Crippen molar-refractivity contribution in [2.75, 3.05) is 11.9 Å². The smallest absolute Gasteiger partial charge is 0.325 e. The lowest BCUT2D eigenvalue weighted by atomic mass is 9.82. The predicted octanol–water partition coefficient (Wildman–Crippen LogP) is 4.47. The average molecular weight is 466 g/mol. The van der Waals surface area contributed by atoms with Gasteiger partial charge in [-0.1, -0.05) is 43.0 Å². The van der Waals surface area contributed by atoms with Crippen LogP contribution in [-0.4, -0.2) is 44.8 Å². The van der Waals surface area contributed by atoms with Crippen molar-refractivity contribution in [3.63, 3.8) is 0 Å². The minimum absolute atomic E-state index is 0.0289. The van der Waals surface area contributed by atoms with Gasteiger partial charge >= 0.3 is 6.03 Å². The Morgan fingerprint density at radius 1 is 1.12 bits per heavy atom. The van der Waals surface area contributed by atoms with E-state index in [0.717, 1.165) is 35.9 Å². The molecule has 1 spiro atoms. The summed E-state index contributed by atoms with van der Waals surface area (Å²) in [6.45, 7) is 0.0568. The number of aromatic nitrogens is 2. The molecule has 2 aromatic carbocycles. The van der Waals surface area contributed by atoms with Gasteiger partial charge in [0, 0.05) is 24.2 Å². The summed E-state index contributed by atoms with van der Waals surface area (Å²) in [5.41, 5.74) is 2.14. The largest absolute Gasteiger partial charge is 0.338 e. The summed E-state index contributed by atoms with van der Waals surface area (Å²) in [6.07, 6.45) is 4.29. The number of anilines is 1. The number of fused-ring (bicyclic) bond motifs is 1. The number of halogens is 1. The Balaban J connectivity index is 1.24. The fourth-order valence-electron chi connectivity index (χ4n) is 4.68. The number of imide groups is 1. The molecule has 1 aromatic heterocycles. The predicted molar refractivity (Wildman–Crippen MR) is 126 cm³/mol. The van der Waals surface area contributed by atoms with Crippen molar-refractivity contribution in [3.8, 4) is 11.4 Å². The molecule has 2 heterocycles. The van der Waals surface area contributed by atoms with E-state index in [2.05, 4.69) is 20.6 Å². The van der Waals surface area contributed by atoms with E-state index in [1.807, 2.05) is 24.3 Å². The fourth-order valence-corrected chi connectivity index (χ4v) is 4.90. The lowest BCUT2D eigenvalue weighted by Crippen LogP contribution is -2.48. The van der Waals surface area contributed by atoms with Gasteiger partial charge in [0.2, 0.25) is 5.91 Å². The summed E-state index contributed by atoms with van der Waals surface area (Å²) in [6, 6.07) is 12.4. The van der Waals surface area contributed by atoms with Gasteiger partial charge in [-0.25, -0.2) is 9.78 Å². The number of nitrogens with zero attached hydrogens (tertiary/aromatic N) is 2. The van der Waals surface area contributed by atoms with Crippen LogP contribution >= 0.6 is 11.6 Å². The molecular weight excluding hydrogens is 442 g/mol. The third-order valence-corrected chi connectivity index (χ3v) is 6.74. The van der Waals surface area contributed by atoms with Crippen molar-refractivity contribution in [1.29, 1.82) is 0 Å². The minimum atomic E-state index is -0.767. The number of urea groups is 1. The standard InChI is InChI=1S/C24H24ClN5O3/c25-17-7-3-2-6-16(17)21-27-18-9-8-15(14-19(18)28-21)26-20(31)10-13-30-22(32)24(29-23(30)33)11-4-1-5-12-24/h2-3,6-9,14H,1,4-5,10-13H2,(H,26,31)(H,27,28)(H,29,33). The number of hydrogen-bond acceptors (Lipinski definition) is 4. The number of amides is 4. The highest BCUT2D eigenvalue weighted by molar-refractivity contribution is 6.33. The van der Waals surface area contributed by atoms with Gasteiger partial charge in [0.25, 0.3) is 5.91 Å². The summed E-state index contributed by atoms with van der Waals surface area (Å²) < 4.78 is 0. The van der Waals surface area contributed by atoms with Crippen molar-refractivity contribution in [3.05, 3.63) is 47.5 Å².